The van der Waals surface area contributed by atoms with Crippen molar-refractivity contribution in [2.75, 3.05) is 25.0 Å². The molecule has 7 heteroatoms. The molecule has 0 radical (unpaired) electrons. The molecule has 2 aromatic carbocycles. The Morgan fingerprint density at radius 3 is 2.44 bits per heavy atom. The number of anilines is 1. The monoisotopic (exact) mass is 443 g/mol. The van der Waals surface area contributed by atoms with Gasteiger partial charge in [0, 0.05) is 43.4 Å². The molecule has 1 amide bonds. The average Bonchev–Trinajstić information content (AvgIpc) is 3.06. The number of nitrogens with one attached hydrogen (secondary N) is 1. The summed E-state index contributed by atoms with van der Waals surface area (Å²) in [5, 5.41) is 2.32. The minimum absolute atomic E-state index is 0.0172. The Labute approximate surface area is 186 Å². The second-order valence-corrected chi connectivity index (χ2v) is 8.69. The summed E-state index contributed by atoms with van der Waals surface area (Å²) in [6, 6.07) is 9.48. The van der Waals surface area contributed by atoms with Crippen molar-refractivity contribution in [1.29, 1.82) is 0 Å². The normalized spacial score (nSPS) is 18.9. The van der Waals surface area contributed by atoms with E-state index in [1.165, 1.54) is 18.4 Å². The highest BCUT2D eigenvalue weighted by Crippen LogP contribution is 2.28. The van der Waals surface area contributed by atoms with Crippen LogP contribution in [0.5, 0.6) is 0 Å². The molecule has 1 saturated carbocycles. The van der Waals surface area contributed by atoms with Gasteiger partial charge in [0.15, 0.2) is 11.6 Å². The Hall–Kier alpha value is -2.67. The van der Waals surface area contributed by atoms with Crippen molar-refractivity contribution in [1.82, 2.24) is 4.90 Å². The van der Waals surface area contributed by atoms with Crippen LogP contribution in [0.3, 0.4) is 0 Å². The minimum Gasteiger partial charge on any atom is -0.320 e. The van der Waals surface area contributed by atoms with Crippen LogP contribution in [-0.4, -0.2) is 42.7 Å². The Balaban J connectivity index is 1.52. The van der Waals surface area contributed by atoms with Crippen LogP contribution in [0.25, 0.3) is 0 Å². The number of benzene rings is 2. The molecule has 1 fully saturated rings. The van der Waals surface area contributed by atoms with Crippen molar-refractivity contribution in [2.45, 2.75) is 50.5 Å². The van der Waals surface area contributed by atoms with E-state index in [1.807, 2.05) is 24.4 Å². The van der Waals surface area contributed by atoms with Gasteiger partial charge in [-0.3, -0.25) is 14.7 Å². The standard InChI is InChI=1S/C25H28F3N3O/c26-19-11-22(27)25(23(28)12-19)30-24(32)16-31(20-8-3-1-2-4-9-20)15-18-14-29-13-17-7-5-6-10-21(17)18/h5-7,10-13,18,20H,1-4,8-9,14-16H2,(H,30,32). The number of halogens is 3. The van der Waals surface area contributed by atoms with Crippen LogP contribution in [0.15, 0.2) is 41.4 Å². The molecule has 4 nitrogen and oxygen atoms in total. The van der Waals surface area contributed by atoms with E-state index in [9.17, 15) is 18.0 Å². The summed E-state index contributed by atoms with van der Waals surface area (Å²) in [4.78, 5) is 19.5. The van der Waals surface area contributed by atoms with Crippen LogP contribution in [0.2, 0.25) is 0 Å². The highest BCUT2D eigenvalue weighted by molar-refractivity contribution is 5.92. The largest absolute Gasteiger partial charge is 0.320 e. The summed E-state index contributed by atoms with van der Waals surface area (Å²) in [7, 11) is 0. The maximum absolute atomic E-state index is 14.0. The van der Waals surface area contributed by atoms with Gasteiger partial charge in [0.2, 0.25) is 5.91 Å². The molecule has 1 unspecified atom stereocenters. The molecular weight excluding hydrogens is 415 g/mol. The zero-order chi connectivity index (χ0) is 22.5. The summed E-state index contributed by atoms with van der Waals surface area (Å²) in [6.45, 7) is 1.30. The number of hydrogen-bond acceptors (Lipinski definition) is 3. The molecule has 1 atom stereocenters. The van der Waals surface area contributed by atoms with E-state index in [1.54, 1.807) is 0 Å². The third-order valence-corrected chi connectivity index (χ3v) is 6.41. The molecule has 2 aromatic rings. The van der Waals surface area contributed by atoms with Crippen LogP contribution >= 0.6 is 0 Å². The highest BCUT2D eigenvalue weighted by Gasteiger charge is 2.28. The first-order chi connectivity index (χ1) is 15.5. The molecule has 0 spiro atoms. The van der Waals surface area contributed by atoms with Crippen molar-refractivity contribution in [2.24, 2.45) is 4.99 Å². The molecule has 1 heterocycles. The van der Waals surface area contributed by atoms with Gasteiger partial charge in [-0.15, -0.1) is 0 Å². The quantitative estimate of drug-likeness (QED) is 0.617. The van der Waals surface area contributed by atoms with Gasteiger partial charge in [-0.25, -0.2) is 13.2 Å². The van der Waals surface area contributed by atoms with Crippen molar-refractivity contribution in [3.8, 4) is 0 Å². The molecule has 4 rings (SSSR count). The summed E-state index contributed by atoms with van der Waals surface area (Å²) >= 11 is 0. The number of nitrogens with zero attached hydrogens (tertiary/aromatic N) is 2. The second-order valence-electron chi connectivity index (χ2n) is 8.69. The third kappa shape index (κ3) is 5.38. The molecule has 0 saturated heterocycles. The predicted molar refractivity (Wildman–Crippen MR) is 120 cm³/mol. The lowest BCUT2D eigenvalue weighted by Gasteiger charge is -2.34. The predicted octanol–water partition coefficient (Wildman–Crippen LogP) is 5.28. The third-order valence-electron chi connectivity index (χ3n) is 6.41. The number of aliphatic imine (C=N–C) groups is 1. The van der Waals surface area contributed by atoms with Crippen molar-refractivity contribution >= 4 is 17.8 Å². The molecule has 1 aliphatic carbocycles. The van der Waals surface area contributed by atoms with Gasteiger partial charge in [0.25, 0.3) is 0 Å². The van der Waals surface area contributed by atoms with E-state index >= 15 is 0 Å². The summed E-state index contributed by atoms with van der Waals surface area (Å²) in [5.74, 6) is -3.62. The van der Waals surface area contributed by atoms with Crippen molar-refractivity contribution < 1.29 is 18.0 Å². The SMILES string of the molecule is O=C(CN(CC1CN=Cc2ccccc21)C1CCCCCC1)Nc1c(F)cc(F)cc1F. The van der Waals surface area contributed by atoms with Gasteiger partial charge in [-0.2, -0.15) is 0 Å². The number of rotatable bonds is 6. The summed E-state index contributed by atoms with van der Waals surface area (Å²) < 4.78 is 41.3. The zero-order valence-corrected chi connectivity index (χ0v) is 18.0. The Bertz CT molecular complexity index is 963. The zero-order valence-electron chi connectivity index (χ0n) is 18.0. The highest BCUT2D eigenvalue weighted by atomic mass is 19.1. The first-order valence-corrected chi connectivity index (χ1v) is 11.3. The number of carbonyl (C=O) groups excluding carboxylic acids is 1. The van der Waals surface area contributed by atoms with Gasteiger partial charge in [-0.1, -0.05) is 49.9 Å². The first kappa shape index (κ1) is 22.5. The minimum atomic E-state index is -1.12. The van der Waals surface area contributed by atoms with Gasteiger partial charge in [0.1, 0.15) is 11.5 Å². The van der Waals surface area contributed by atoms with E-state index in [-0.39, 0.29) is 18.5 Å². The number of hydrogen-bond donors (Lipinski definition) is 1. The molecule has 0 bridgehead atoms. The smallest absolute Gasteiger partial charge is 0.238 e. The average molecular weight is 444 g/mol. The van der Waals surface area contributed by atoms with Crippen LogP contribution in [0.4, 0.5) is 18.9 Å². The van der Waals surface area contributed by atoms with Gasteiger partial charge in [-0.05, 0) is 24.0 Å². The lowest BCUT2D eigenvalue weighted by molar-refractivity contribution is -0.118. The second kappa shape index (κ2) is 10.3. The van der Waals surface area contributed by atoms with E-state index in [4.69, 9.17) is 0 Å². The van der Waals surface area contributed by atoms with Crippen LogP contribution in [0.1, 0.15) is 55.6 Å². The van der Waals surface area contributed by atoms with Gasteiger partial charge < -0.3 is 5.32 Å². The Kier molecular flexibility index (Phi) is 7.25. The summed E-state index contributed by atoms with van der Waals surface area (Å²) in [6.07, 6.45) is 8.42. The molecular formula is C25H28F3N3O. The van der Waals surface area contributed by atoms with Crippen LogP contribution < -0.4 is 5.32 Å². The molecule has 0 aromatic heterocycles. The van der Waals surface area contributed by atoms with E-state index in [0.717, 1.165) is 31.2 Å². The summed E-state index contributed by atoms with van der Waals surface area (Å²) in [5.41, 5.74) is 1.69. The van der Waals surface area contributed by atoms with Crippen molar-refractivity contribution in [3.63, 3.8) is 0 Å². The number of amides is 1. The molecule has 170 valence electrons. The van der Waals surface area contributed by atoms with Crippen molar-refractivity contribution in [3.05, 3.63) is 65.0 Å². The van der Waals surface area contributed by atoms with E-state index < -0.39 is 29.0 Å². The topological polar surface area (TPSA) is 44.7 Å². The van der Waals surface area contributed by atoms with E-state index in [0.29, 0.717) is 25.2 Å². The van der Waals surface area contributed by atoms with E-state index in [2.05, 4.69) is 21.3 Å². The number of fused-ring (bicyclic) bond motifs is 1. The van der Waals surface area contributed by atoms with Crippen LogP contribution in [-0.2, 0) is 4.79 Å². The molecule has 1 N–H and O–H groups in total. The van der Waals surface area contributed by atoms with Gasteiger partial charge >= 0.3 is 0 Å². The Morgan fingerprint density at radius 1 is 1.03 bits per heavy atom. The van der Waals surface area contributed by atoms with Crippen LogP contribution in [0, 0.1) is 17.5 Å². The maximum Gasteiger partial charge on any atom is 0.238 e. The lowest BCUT2D eigenvalue weighted by atomic mass is 9.91. The van der Waals surface area contributed by atoms with Gasteiger partial charge in [0.05, 0.1) is 6.54 Å². The molecule has 32 heavy (non-hydrogen) atoms. The Morgan fingerprint density at radius 2 is 1.72 bits per heavy atom. The fourth-order valence-corrected chi connectivity index (χ4v) is 4.81. The number of carbonyl (C=O) groups is 1. The molecule has 2 aliphatic rings. The lowest BCUT2D eigenvalue weighted by Crippen LogP contribution is -2.44. The fourth-order valence-electron chi connectivity index (χ4n) is 4.81. The molecule has 1 aliphatic heterocycles. The first-order valence-electron chi connectivity index (χ1n) is 11.3. The fraction of sp³-hybridized carbons (Fsp3) is 0.440. The maximum atomic E-state index is 14.0.